The average Bonchev–Trinajstić information content (AvgIpc) is 3.00. The van der Waals surface area contributed by atoms with Gasteiger partial charge in [0, 0.05) is 16.1 Å². The molecule has 1 aromatic carbocycles. The molecule has 0 aliphatic carbocycles. The van der Waals surface area contributed by atoms with E-state index in [1.165, 1.54) is 11.8 Å². The van der Waals surface area contributed by atoms with E-state index >= 15 is 0 Å². The number of hydrogen-bond acceptors (Lipinski definition) is 4. The van der Waals surface area contributed by atoms with Crippen LogP contribution >= 0.6 is 35.0 Å². The summed E-state index contributed by atoms with van der Waals surface area (Å²) in [5.41, 5.74) is 0.744. The second kappa shape index (κ2) is 7.42. The fourth-order valence-electron chi connectivity index (χ4n) is 2.23. The predicted molar refractivity (Wildman–Crippen MR) is 96.7 cm³/mol. The molecule has 1 amide bonds. The van der Waals surface area contributed by atoms with Crippen molar-refractivity contribution < 1.29 is 4.79 Å². The number of pyridine rings is 1. The summed E-state index contributed by atoms with van der Waals surface area (Å²) < 4.78 is 1.85. The average molecular weight is 381 g/mol. The summed E-state index contributed by atoms with van der Waals surface area (Å²) in [5, 5.41) is 12.3. The van der Waals surface area contributed by atoms with Gasteiger partial charge in [0.25, 0.3) is 0 Å². The van der Waals surface area contributed by atoms with Crippen LogP contribution in [0.1, 0.15) is 18.8 Å². The lowest BCUT2D eigenvalue weighted by Crippen LogP contribution is -2.29. The third-order valence-electron chi connectivity index (χ3n) is 3.36. The number of aromatic nitrogens is 3. The first-order valence-electron chi connectivity index (χ1n) is 7.21. The Balaban J connectivity index is 1.63. The van der Waals surface area contributed by atoms with Gasteiger partial charge in [-0.1, -0.05) is 29.3 Å². The molecule has 0 spiro atoms. The molecular weight excluding hydrogens is 367 g/mol. The molecular formula is C16H14Cl2N4OS. The molecule has 3 aromatic rings. The Morgan fingerprint density at radius 3 is 2.96 bits per heavy atom. The maximum Gasteiger partial charge on any atom is 0.230 e. The van der Waals surface area contributed by atoms with Crippen molar-refractivity contribution in [1.82, 2.24) is 19.9 Å². The molecule has 1 N–H and O–H groups in total. The van der Waals surface area contributed by atoms with Crippen LogP contribution in [0.4, 0.5) is 0 Å². The highest BCUT2D eigenvalue weighted by atomic mass is 35.5. The van der Waals surface area contributed by atoms with Gasteiger partial charge in [-0.3, -0.25) is 9.20 Å². The molecule has 24 heavy (non-hydrogen) atoms. The SMILES string of the molecule is CC(NC(=O)CSc1cc(Cl)ccc1Cl)c1nnc2ccccn12. The van der Waals surface area contributed by atoms with Gasteiger partial charge >= 0.3 is 0 Å². The van der Waals surface area contributed by atoms with E-state index in [0.29, 0.717) is 15.9 Å². The smallest absolute Gasteiger partial charge is 0.230 e. The maximum atomic E-state index is 12.2. The summed E-state index contributed by atoms with van der Waals surface area (Å²) in [5.74, 6) is 0.808. The van der Waals surface area contributed by atoms with Gasteiger partial charge in [-0.05, 0) is 37.3 Å². The minimum Gasteiger partial charge on any atom is -0.346 e. The molecule has 2 aromatic heterocycles. The summed E-state index contributed by atoms with van der Waals surface area (Å²) in [6, 6.07) is 10.6. The second-order valence-corrected chi connectivity index (χ2v) is 7.00. The van der Waals surface area contributed by atoms with Crippen LogP contribution < -0.4 is 5.32 Å². The summed E-state index contributed by atoms with van der Waals surface area (Å²) in [7, 11) is 0. The Hall–Kier alpha value is -1.76. The topological polar surface area (TPSA) is 59.3 Å². The summed E-state index contributed by atoms with van der Waals surface area (Å²) in [6.07, 6.45) is 1.87. The van der Waals surface area contributed by atoms with E-state index in [1.807, 2.05) is 35.7 Å². The molecule has 0 bridgehead atoms. The lowest BCUT2D eigenvalue weighted by atomic mass is 10.3. The molecule has 0 saturated carbocycles. The zero-order valence-corrected chi connectivity index (χ0v) is 15.1. The Morgan fingerprint density at radius 2 is 2.12 bits per heavy atom. The van der Waals surface area contributed by atoms with Gasteiger partial charge in [0.2, 0.25) is 5.91 Å². The van der Waals surface area contributed by atoms with E-state index in [9.17, 15) is 4.79 Å². The van der Waals surface area contributed by atoms with Crippen LogP contribution in [0.5, 0.6) is 0 Å². The predicted octanol–water partition coefficient (Wildman–Crippen LogP) is 4.01. The van der Waals surface area contributed by atoms with Gasteiger partial charge in [0.05, 0.1) is 16.8 Å². The molecule has 0 saturated heterocycles. The number of hydrogen-bond donors (Lipinski definition) is 1. The fourth-order valence-corrected chi connectivity index (χ4v) is 3.54. The molecule has 0 radical (unpaired) electrons. The Kier molecular flexibility index (Phi) is 5.28. The van der Waals surface area contributed by atoms with Gasteiger partial charge < -0.3 is 5.32 Å². The van der Waals surface area contributed by atoms with E-state index in [1.54, 1.807) is 18.2 Å². The van der Waals surface area contributed by atoms with E-state index < -0.39 is 0 Å². The molecule has 124 valence electrons. The third-order valence-corrected chi connectivity index (χ3v) is 5.09. The van der Waals surface area contributed by atoms with E-state index in [4.69, 9.17) is 23.2 Å². The first kappa shape index (κ1) is 17.1. The van der Waals surface area contributed by atoms with Crippen molar-refractivity contribution in [2.45, 2.75) is 17.9 Å². The first-order valence-corrected chi connectivity index (χ1v) is 8.95. The highest BCUT2D eigenvalue weighted by Gasteiger charge is 2.16. The van der Waals surface area contributed by atoms with E-state index in [-0.39, 0.29) is 17.7 Å². The molecule has 1 atom stereocenters. The zero-order chi connectivity index (χ0) is 17.1. The number of nitrogens with one attached hydrogen (secondary N) is 1. The number of carbonyl (C=O) groups excluding carboxylic acids is 1. The summed E-state index contributed by atoms with van der Waals surface area (Å²) in [4.78, 5) is 13.0. The van der Waals surface area contributed by atoms with Crippen LogP contribution in [0.2, 0.25) is 10.0 Å². The number of thioether (sulfide) groups is 1. The Bertz CT molecular complexity index is 883. The number of nitrogens with zero attached hydrogens (tertiary/aromatic N) is 3. The quantitative estimate of drug-likeness (QED) is 0.679. The monoisotopic (exact) mass is 380 g/mol. The molecule has 2 heterocycles. The number of halogens is 2. The van der Waals surface area contributed by atoms with Crippen molar-refractivity contribution in [3.63, 3.8) is 0 Å². The molecule has 3 rings (SSSR count). The highest BCUT2D eigenvalue weighted by molar-refractivity contribution is 8.00. The van der Waals surface area contributed by atoms with Crippen molar-refractivity contribution >= 4 is 46.5 Å². The lowest BCUT2D eigenvalue weighted by molar-refractivity contribution is -0.119. The van der Waals surface area contributed by atoms with Gasteiger partial charge in [0.15, 0.2) is 11.5 Å². The highest BCUT2D eigenvalue weighted by Crippen LogP contribution is 2.29. The molecule has 0 aliphatic heterocycles. The summed E-state index contributed by atoms with van der Waals surface area (Å²) >= 11 is 13.4. The van der Waals surface area contributed by atoms with Crippen molar-refractivity contribution in [2.75, 3.05) is 5.75 Å². The number of benzene rings is 1. The van der Waals surface area contributed by atoms with Crippen molar-refractivity contribution in [1.29, 1.82) is 0 Å². The maximum absolute atomic E-state index is 12.2. The second-order valence-electron chi connectivity index (χ2n) is 5.14. The van der Waals surface area contributed by atoms with Crippen LogP contribution in [0.15, 0.2) is 47.5 Å². The standard InChI is InChI=1S/C16H14Cl2N4OS/c1-10(16-21-20-14-4-2-3-7-22(14)16)19-15(23)9-24-13-8-11(17)5-6-12(13)18/h2-8,10H,9H2,1H3,(H,19,23). The molecule has 8 heteroatoms. The van der Waals surface area contributed by atoms with Crippen molar-refractivity contribution in [2.24, 2.45) is 0 Å². The minimum atomic E-state index is -0.259. The van der Waals surface area contributed by atoms with Crippen LogP contribution in [-0.2, 0) is 4.79 Å². The van der Waals surface area contributed by atoms with Gasteiger partial charge in [-0.2, -0.15) is 0 Å². The fraction of sp³-hybridized carbons (Fsp3) is 0.188. The number of amides is 1. The lowest BCUT2D eigenvalue weighted by Gasteiger charge is -2.12. The van der Waals surface area contributed by atoms with Crippen molar-refractivity contribution in [3.8, 4) is 0 Å². The number of carbonyl (C=O) groups is 1. The third kappa shape index (κ3) is 3.83. The van der Waals surface area contributed by atoms with E-state index in [2.05, 4.69) is 15.5 Å². The van der Waals surface area contributed by atoms with Gasteiger partial charge in [-0.15, -0.1) is 22.0 Å². The number of fused-ring (bicyclic) bond motifs is 1. The molecule has 0 fully saturated rings. The largest absolute Gasteiger partial charge is 0.346 e. The minimum absolute atomic E-state index is 0.115. The first-order chi connectivity index (χ1) is 11.5. The number of rotatable bonds is 5. The van der Waals surface area contributed by atoms with Crippen LogP contribution in [0, 0.1) is 0 Å². The molecule has 0 aliphatic rings. The zero-order valence-electron chi connectivity index (χ0n) is 12.7. The van der Waals surface area contributed by atoms with Crippen LogP contribution in [0.25, 0.3) is 5.65 Å². The molecule has 1 unspecified atom stereocenters. The molecule has 5 nitrogen and oxygen atoms in total. The van der Waals surface area contributed by atoms with E-state index in [0.717, 1.165) is 10.5 Å². The van der Waals surface area contributed by atoms with Crippen LogP contribution in [-0.4, -0.2) is 26.3 Å². The normalized spacial score (nSPS) is 12.3. The van der Waals surface area contributed by atoms with Gasteiger partial charge in [-0.25, -0.2) is 0 Å². The Morgan fingerprint density at radius 1 is 1.29 bits per heavy atom. The van der Waals surface area contributed by atoms with Crippen molar-refractivity contribution in [3.05, 3.63) is 58.5 Å². The van der Waals surface area contributed by atoms with Crippen LogP contribution in [0.3, 0.4) is 0 Å². The van der Waals surface area contributed by atoms with Gasteiger partial charge in [0.1, 0.15) is 0 Å². The summed E-state index contributed by atoms with van der Waals surface area (Å²) in [6.45, 7) is 1.87. The Labute approximate surface area is 153 Å².